The van der Waals surface area contributed by atoms with Gasteiger partial charge in [-0.15, -0.1) is 0 Å². The predicted octanol–water partition coefficient (Wildman–Crippen LogP) is 1.91. The number of hydrogen-bond donors (Lipinski definition) is 4. The summed E-state index contributed by atoms with van der Waals surface area (Å²) in [5, 5.41) is 33.3. The molecule has 0 aliphatic carbocycles. The molecule has 14 heteroatoms. The van der Waals surface area contributed by atoms with Crippen molar-refractivity contribution in [2.75, 3.05) is 0 Å². The molecule has 0 atom stereocenters. The van der Waals surface area contributed by atoms with Crippen LogP contribution in [0.2, 0.25) is 0 Å². The minimum Gasteiger partial charge on any atom is -0.481 e. The number of rotatable bonds is 18. The highest BCUT2D eigenvalue weighted by Crippen LogP contribution is 2.05. The van der Waals surface area contributed by atoms with Gasteiger partial charge in [0.1, 0.15) is 0 Å². The summed E-state index contributed by atoms with van der Waals surface area (Å²) in [6.45, 7) is 0. The number of aliphatic carboxylic acids is 4. The monoisotopic (exact) mass is 520 g/mol. The van der Waals surface area contributed by atoms with Gasteiger partial charge in [0, 0.05) is 51.4 Å². The molecule has 0 radical (unpaired) electrons. The van der Waals surface area contributed by atoms with Gasteiger partial charge >= 0.3 is 47.8 Å². The average molecular weight is 520 g/mol. The van der Waals surface area contributed by atoms with E-state index in [4.69, 9.17) is 20.4 Å². The molecule has 0 saturated carbocycles. The van der Waals surface area contributed by atoms with Crippen LogP contribution < -0.4 is 0 Å². The molecule has 36 heavy (non-hydrogen) atoms. The molecule has 0 aliphatic rings. The zero-order valence-electron chi connectivity index (χ0n) is 19.8. The standard InChI is InChI=1S/C12H18O7.C10H14O7/c13-9(14)5-1-3-7-11(17)19-12(18)8-4-2-6-10(15)16;11-7(12)3-1-5-9(15)17-10(16)6-2-4-8(13)14/h1-8H2,(H,13,14)(H,15,16);1-6H2,(H,11,12)(H,13,14). The topological polar surface area (TPSA) is 236 Å². The maximum Gasteiger partial charge on any atom is 0.313 e. The Hall–Kier alpha value is -3.84. The Balaban J connectivity index is 0. The van der Waals surface area contributed by atoms with Gasteiger partial charge in [-0.1, -0.05) is 0 Å². The van der Waals surface area contributed by atoms with Crippen molar-refractivity contribution in [1.29, 1.82) is 0 Å². The summed E-state index contributed by atoms with van der Waals surface area (Å²) in [7, 11) is 0. The maximum absolute atomic E-state index is 11.2. The lowest BCUT2D eigenvalue weighted by Crippen LogP contribution is -2.12. The number of unbranched alkanes of at least 4 members (excludes halogenated alkanes) is 2. The third kappa shape index (κ3) is 28.2. The van der Waals surface area contributed by atoms with Crippen LogP contribution in [0.5, 0.6) is 0 Å². The van der Waals surface area contributed by atoms with E-state index in [0.717, 1.165) is 0 Å². The molecule has 0 spiro atoms. The Morgan fingerprint density at radius 3 is 0.778 bits per heavy atom. The predicted molar refractivity (Wildman–Crippen MR) is 117 cm³/mol. The fraction of sp³-hybridized carbons (Fsp3) is 0.636. The van der Waals surface area contributed by atoms with Crippen molar-refractivity contribution in [1.82, 2.24) is 0 Å². The van der Waals surface area contributed by atoms with Crippen molar-refractivity contribution in [2.24, 2.45) is 0 Å². The molecule has 0 amide bonds. The molecule has 4 N–H and O–H groups in total. The van der Waals surface area contributed by atoms with E-state index in [9.17, 15) is 38.4 Å². The van der Waals surface area contributed by atoms with E-state index in [1.165, 1.54) is 0 Å². The van der Waals surface area contributed by atoms with Gasteiger partial charge in [0.25, 0.3) is 0 Å². The van der Waals surface area contributed by atoms with Crippen molar-refractivity contribution in [3.63, 3.8) is 0 Å². The van der Waals surface area contributed by atoms with Crippen molar-refractivity contribution in [3.05, 3.63) is 0 Å². The summed E-state index contributed by atoms with van der Waals surface area (Å²) in [5.74, 6) is -6.82. The number of carbonyl (C=O) groups excluding carboxylic acids is 4. The Bertz CT molecular complexity index is 709. The van der Waals surface area contributed by atoms with Gasteiger partial charge in [0.15, 0.2) is 0 Å². The van der Waals surface area contributed by atoms with Crippen molar-refractivity contribution < 1.29 is 68.3 Å². The Morgan fingerprint density at radius 1 is 0.333 bits per heavy atom. The first-order valence-electron chi connectivity index (χ1n) is 11.2. The number of carbonyl (C=O) groups is 8. The number of ether oxygens (including phenoxy) is 2. The molecular formula is C22H32O14. The smallest absolute Gasteiger partial charge is 0.313 e. The zero-order chi connectivity index (χ0) is 27.9. The van der Waals surface area contributed by atoms with Gasteiger partial charge < -0.3 is 29.9 Å². The molecule has 0 fully saturated rings. The van der Waals surface area contributed by atoms with Gasteiger partial charge in [-0.3, -0.25) is 38.4 Å². The van der Waals surface area contributed by atoms with Gasteiger partial charge in [-0.25, -0.2) is 0 Å². The van der Waals surface area contributed by atoms with Crippen LogP contribution in [-0.4, -0.2) is 68.2 Å². The molecule has 0 aliphatic heterocycles. The Kier molecular flexibility index (Phi) is 20.7. The van der Waals surface area contributed by atoms with E-state index in [1.54, 1.807) is 0 Å². The molecule has 0 saturated heterocycles. The summed E-state index contributed by atoms with van der Waals surface area (Å²) in [6, 6.07) is 0. The largest absolute Gasteiger partial charge is 0.481 e. The van der Waals surface area contributed by atoms with Crippen molar-refractivity contribution in [2.45, 2.75) is 89.9 Å². The quantitative estimate of drug-likeness (QED) is 0.115. The molecule has 0 rings (SSSR count). The van der Waals surface area contributed by atoms with Crippen LogP contribution in [0, 0.1) is 0 Å². The van der Waals surface area contributed by atoms with Crippen LogP contribution in [-0.2, 0) is 47.8 Å². The molecule has 14 nitrogen and oxygen atoms in total. The molecule has 204 valence electrons. The SMILES string of the molecule is O=C(O)CCCC(=O)OC(=O)CCCC(=O)O.O=C(O)CCCCC(=O)OC(=O)CCCCC(=O)O. The van der Waals surface area contributed by atoms with Gasteiger partial charge in [-0.2, -0.15) is 0 Å². The van der Waals surface area contributed by atoms with Crippen LogP contribution in [0.3, 0.4) is 0 Å². The molecular weight excluding hydrogens is 488 g/mol. The van der Waals surface area contributed by atoms with Crippen LogP contribution in [0.15, 0.2) is 0 Å². The third-order valence-corrected chi connectivity index (χ3v) is 4.04. The Morgan fingerprint density at radius 2 is 0.528 bits per heavy atom. The second-order valence-electron chi connectivity index (χ2n) is 7.39. The van der Waals surface area contributed by atoms with Crippen molar-refractivity contribution >= 4 is 47.8 Å². The minimum atomic E-state index is -1.02. The highest BCUT2D eigenvalue weighted by atomic mass is 16.6. The molecule has 0 bridgehead atoms. The van der Waals surface area contributed by atoms with E-state index in [0.29, 0.717) is 25.7 Å². The third-order valence-electron chi connectivity index (χ3n) is 4.04. The fourth-order valence-electron chi connectivity index (χ4n) is 2.32. The summed E-state index contributed by atoms with van der Waals surface area (Å²) < 4.78 is 8.84. The molecule has 0 aromatic rings. The number of carboxylic acid groups (broad SMARTS) is 4. The first kappa shape index (κ1) is 34.3. The molecule has 0 aromatic heterocycles. The van der Waals surface area contributed by atoms with E-state index >= 15 is 0 Å². The van der Waals surface area contributed by atoms with Gasteiger partial charge in [-0.05, 0) is 38.5 Å². The molecule has 0 unspecified atom stereocenters. The summed E-state index contributed by atoms with van der Waals surface area (Å²) >= 11 is 0. The normalized spacial score (nSPS) is 9.78. The van der Waals surface area contributed by atoms with Crippen LogP contribution >= 0.6 is 0 Å². The minimum absolute atomic E-state index is 0.00808. The molecule has 0 aromatic carbocycles. The lowest BCUT2D eigenvalue weighted by atomic mass is 10.2. The summed E-state index contributed by atoms with van der Waals surface area (Å²) in [4.78, 5) is 84.9. The number of hydrogen-bond acceptors (Lipinski definition) is 10. The van der Waals surface area contributed by atoms with Crippen molar-refractivity contribution in [3.8, 4) is 0 Å². The van der Waals surface area contributed by atoms with Crippen LogP contribution in [0.25, 0.3) is 0 Å². The van der Waals surface area contributed by atoms with E-state index in [1.807, 2.05) is 0 Å². The Labute approximate surface area is 206 Å². The highest BCUT2D eigenvalue weighted by molar-refractivity contribution is 5.86. The second kappa shape index (κ2) is 21.7. The fourth-order valence-corrected chi connectivity index (χ4v) is 2.32. The van der Waals surface area contributed by atoms with Crippen LogP contribution in [0.1, 0.15) is 89.9 Å². The lowest BCUT2D eigenvalue weighted by Gasteiger charge is -2.02. The van der Waals surface area contributed by atoms with E-state index < -0.39 is 47.8 Å². The second-order valence-corrected chi connectivity index (χ2v) is 7.39. The van der Waals surface area contributed by atoms with Gasteiger partial charge in [0.2, 0.25) is 0 Å². The summed E-state index contributed by atoms with van der Waals surface area (Å²) in [6.07, 6.45) is 1.02. The van der Waals surface area contributed by atoms with Crippen LogP contribution in [0.4, 0.5) is 0 Å². The average Bonchev–Trinajstić information content (AvgIpc) is 2.74. The lowest BCUT2D eigenvalue weighted by molar-refractivity contribution is -0.161. The zero-order valence-corrected chi connectivity index (χ0v) is 19.8. The van der Waals surface area contributed by atoms with Gasteiger partial charge in [0.05, 0.1) is 0 Å². The summed E-state index contributed by atoms with van der Waals surface area (Å²) in [5.41, 5.74) is 0. The number of esters is 4. The molecule has 0 heterocycles. The first-order valence-corrected chi connectivity index (χ1v) is 11.2. The van der Waals surface area contributed by atoms with E-state index in [-0.39, 0.29) is 64.2 Å². The first-order chi connectivity index (χ1) is 16.8. The van der Waals surface area contributed by atoms with E-state index in [2.05, 4.69) is 9.47 Å². The highest BCUT2D eigenvalue weighted by Gasteiger charge is 2.12. The maximum atomic E-state index is 11.2. The number of carboxylic acids is 4.